The van der Waals surface area contributed by atoms with E-state index in [1.807, 2.05) is 0 Å². The molecular weight excluding hydrogens is 190 g/mol. The van der Waals surface area contributed by atoms with Crippen LogP contribution in [0.5, 0.6) is 0 Å². The smallest absolute Gasteiger partial charge is 0.907 e. The molecule has 0 aromatic heterocycles. The van der Waals surface area contributed by atoms with E-state index in [2.05, 4.69) is 0 Å². The molecule has 0 heterocycles. The maximum atomic E-state index is 8.42. The minimum Gasteiger partial charge on any atom is -0.907 e. The summed E-state index contributed by atoms with van der Waals surface area (Å²) in [5.74, 6) is 0. The van der Waals surface area contributed by atoms with Crippen LogP contribution in [-0.2, 0) is 39.0 Å². The van der Waals surface area contributed by atoms with Crippen LogP contribution in [0.15, 0.2) is 0 Å². The first kappa shape index (κ1) is 15.7. The Morgan fingerprint density at radius 3 is 0.833 bits per heavy atom. The van der Waals surface area contributed by atoms with Gasteiger partial charge in [0.05, 0.1) is 0 Å². The molecule has 0 fully saturated rings. The van der Waals surface area contributed by atoms with Gasteiger partial charge in [-0.25, -0.2) is 0 Å². The molecule has 0 aliphatic rings. The van der Waals surface area contributed by atoms with Crippen LogP contribution in [0.4, 0.5) is 0 Å². The fourth-order valence-electron chi connectivity index (χ4n) is 0. The zero-order valence-electron chi connectivity index (χ0n) is 3.22. The third-order valence-electron chi connectivity index (χ3n) is 0. The summed E-state index contributed by atoms with van der Waals surface area (Å²) in [7, 11) is -2.92. The van der Waals surface area contributed by atoms with Gasteiger partial charge in [0.1, 0.15) is 0 Å². The van der Waals surface area contributed by atoms with Crippen LogP contribution in [0.1, 0.15) is 0 Å². The van der Waals surface area contributed by atoms with Gasteiger partial charge >= 0.3 is 39.0 Å². The van der Waals surface area contributed by atoms with Crippen LogP contribution in [0.3, 0.4) is 0 Å². The number of hydrogen-bond acceptors (Lipinski definition) is 3. The van der Waals surface area contributed by atoms with Crippen LogP contribution in [0.25, 0.3) is 0 Å². The fraction of sp³-hybridized carbons (Fsp3) is 0. The summed E-state index contributed by atoms with van der Waals surface area (Å²) in [5.41, 5.74) is 0. The maximum absolute atomic E-state index is 8.42. The van der Waals surface area contributed by atoms with E-state index in [0.717, 1.165) is 0 Å². The molecule has 0 saturated heterocycles. The van der Waals surface area contributed by atoms with E-state index in [-0.39, 0.29) is 39.0 Å². The largest absolute Gasteiger partial charge is 2.00 e. The molecule has 0 saturated carbocycles. The second kappa shape index (κ2) is 9.50. The molecule has 6 heavy (non-hydrogen) atoms. The average molecular weight is 190 g/mol. The van der Waals surface area contributed by atoms with Gasteiger partial charge in [0.15, 0.2) is 0 Å². The Labute approximate surface area is 61.5 Å². The van der Waals surface area contributed by atoms with Crippen molar-refractivity contribution in [2.45, 2.75) is 0 Å². The van der Waals surface area contributed by atoms with Crippen molar-refractivity contribution in [2.24, 2.45) is 0 Å². The van der Waals surface area contributed by atoms with E-state index in [1.165, 1.54) is 0 Å². The fourth-order valence-corrected chi connectivity index (χ4v) is 0. The Morgan fingerprint density at radius 1 is 0.833 bits per heavy atom. The van der Waals surface area contributed by atoms with E-state index in [0.29, 0.717) is 0 Å². The standard InChI is InChI=1S/BO3.2Zn/c2-1(3)4;;/q-3;2*+2. The van der Waals surface area contributed by atoms with E-state index in [4.69, 9.17) is 15.1 Å². The number of hydrogen-bond donors (Lipinski definition) is 0. The zero-order chi connectivity index (χ0) is 3.58. The molecule has 0 bridgehead atoms. The summed E-state index contributed by atoms with van der Waals surface area (Å²) in [6.45, 7) is 0. The number of rotatable bonds is 0. The molecule has 0 radical (unpaired) electrons. The van der Waals surface area contributed by atoms with Gasteiger partial charge in [-0.15, -0.1) is 0 Å². The van der Waals surface area contributed by atoms with Gasteiger partial charge in [-0.1, -0.05) is 0 Å². The van der Waals surface area contributed by atoms with Crippen LogP contribution < -0.4 is 15.1 Å². The molecule has 0 spiro atoms. The summed E-state index contributed by atoms with van der Waals surface area (Å²) >= 11 is 0. The van der Waals surface area contributed by atoms with Crippen LogP contribution in [-0.4, -0.2) is 7.32 Å². The van der Waals surface area contributed by atoms with Crippen molar-refractivity contribution in [2.75, 3.05) is 0 Å². The molecule has 0 amide bonds. The Hall–Kier alpha value is 1.19. The van der Waals surface area contributed by atoms with Crippen LogP contribution >= 0.6 is 0 Å². The van der Waals surface area contributed by atoms with Crippen molar-refractivity contribution in [3.8, 4) is 0 Å². The molecule has 0 aromatic rings. The van der Waals surface area contributed by atoms with Crippen LogP contribution in [0, 0.1) is 0 Å². The molecular formula is BO3Zn2+. The normalized spacial score (nSPS) is 4.50. The minimum absolute atomic E-state index is 0. The molecule has 0 aliphatic heterocycles. The first-order chi connectivity index (χ1) is 1.73. The summed E-state index contributed by atoms with van der Waals surface area (Å²) in [6, 6.07) is 0. The van der Waals surface area contributed by atoms with Crippen molar-refractivity contribution in [3.63, 3.8) is 0 Å². The molecule has 24 valence electrons. The minimum atomic E-state index is -2.92. The van der Waals surface area contributed by atoms with Crippen molar-refractivity contribution < 1.29 is 54.0 Å². The molecule has 0 aromatic carbocycles. The maximum Gasteiger partial charge on any atom is 2.00 e. The molecule has 0 rings (SSSR count). The predicted octanol–water partition coefficient (Wildman–Crippen LogP) is -3.95. The van der Waals surface area contributed by atoms with E-state index in [1.54, 1.807) is 0 Å². The first-order valence-electron chi connectivity index (χ1n) is 0.707. The summed E-state index contributed by atoms with van der Waals surface area (Å²) in [4.78, 5) is 0. The van der Waals surface area contributed by atoms with Crippen molar-refractivity contribution >= 4 is 7.32 Å². The van der Waals surface area contributed by atoms with E-state index in [9.17, 15) is 0 Å². The van der Waals surface area contributed by atoms with Gasteiger partial charge in [-0.3, -0.25) is 7.32 Å². The summed E-state index contributed by atoms with van der Waals surface area (Å²) < 4.78 is 0. The molecule has 0 aliphatic carbocycles. The zero-order valence-corrected chi connectivity index (χ0v) is 9.15. The third kappa shape index (κ3) is 64.2. The molecule has 0 N–H and O–H groups in total. The van der Waals surface area contributed by atoms with Crippen LogP contribution in [0.2, 0.25) is 0 Å². The van der Waals surface area contributed by atoms with Crippen molar-refractivity contribution in [1.29, 1.82) is 0 Å². The predicted molar refractivity (Wildman–Crippen MR) is 5.75 cm³/mol. The summed E-state index contributed by atoms with van der Waals surface area (Å²) in [6.07, 6.45) is 0. The Bertz CT molecular complexity index is 13.5. The Morgan fingerprint density at radius 2 is 0.833 bits per heavy atom. The summed E-state index contributed by atoms with van der Waals surface area (Å²) in [5, 5.41) is 25.2. The monoisotopic (exact) mass is 187 g/mol. The van der Waals surface area contributed by atoms with Gasteiger partial charge in [0, 0.05) is 0 Å². The average Bonchev–Trinajstić information content (AvgIpc) is 0.811. The van der Waals surface area contributed by atoms with Gasteiger partial charge in [-0.05, 0) is 0 Å². The second-order valence-electron chi connectivity index (χ2n) is 0.289. The molecule has 3 nitrogen and oxygen atoms in total. The Kier molecular flexibility index (Phi) is 24.8. The van der Waals surface area contributed by atoms with E-state index >= 15 is 0 Å². The molecule has 0 unspecified atom stereocenters. The third-order valence-corrected chi connectivity index (χ3v) is 0. The van der Waals surface area contributed by atoms with Gasteiger partial charge in [0.25, 0.3) is 0 Å². The van der Waals surface area contributed by atoms with Gasteiger partial charge in [0.2, 0.25) is 0 Å². The van der Waals surface area contributed by atoms with Gasteiger partial charge < -0.3 is 15.1 Å². The topological polar surface area (TPSA) is 69.2 Å². The van der Waals surface area contributed by atoms with E-state index < -0.39 is 7.32 Å². The van der Waals surface area contributed by atoms with Gasteiger partial charge in [-0.2, -0.15) is 0 Å². The SMILES string of the molecule is [O-]B([O-])[O-].[Zn+2].[Zn+2]. The van der Waals surface area contributed by atoms with Crippen molar-refractivity contribution in [3.05, 3.63) is 0 Å². The van der Waals surface area contributed by atoms with Crippen molar-refractivity contribution in [1.82, 2.24) is 0 Å². The Balaban J connectivity index is -0.0000000450. The first-order valence-corrected chi connectivity index (χ1v) is 0.707. The second-order valence-corrected chi connectivity index (χ2v) is 0.289. The molecule has 6 heteroatoms. The molecule has 0 atom stereocenters. The quantitative estimate of drug-likeness (QED) is 0.365.